The molecular formula is C30H56O5S2. The van der Waals surface area contributed by atoms with Gasteiger partial charge in [-0.15, -0.1) is 0 Å². The number of hydrogen-bond donors (Lipinski definition) is 2. The summed E-state index contributed by atoms with van der Waals surface area (Å²) in [5.41, 5.74) is 0. The number of aliphatic hydroxyl groups is 2. The van der Waals surface area contributed by atoms with Crippen LogP contribution in [0.15, 0.2) is 0 Å². The molecule has 1 aliphatic heterocycles. The zero-order valence-electron chi connectivity index (χ0n) is 23.8. The van der Waals surface area contributed by atoms with Crippen LogP contribution in [0.25, 0.3) is 0 Å². The van der Waals surface area contributed by atoms with Crippen LogP contribution < -0.4 is 0 Å². The van der Waals surface area contributed by atoms with E-state index in [1.807, 2.05) is 0 Å². The molecule has 0 saturated carbocycles. The minimum absolute atomic E-state index is 0.0214. The van der Waals surface area contributed by atoms with Gasteiger partial charge in [-0.3, -0.25) is 0 Å². The number of unbranched alkanes of at least 4 members (excludes halogenated alkanes) is 16. The van der Waals surface area contributed by atoms with Gasteiger partial charge in [0.05, 0.1) is 6.61 Å². The summed E-state index contributed by atoms with van der Waals surface area (Å²) in [7, 11) is 0. The molecule has 5 nitrogen and oxygen atoms in total. The number of thiocarbonyl (C=S) groups is 2. The molecule has 0 aromatic rings. The number of aliphatic hydroxyl groups excluding tert-OH is 2. The van der Waals surface area contributed by atoms with E-state index in [0.29, 0.717) is 10.1 Å². The van der Waals surface area contributed by atoms with E-state index < -0.39 is 24.4 Å². The second-order valence-corrected chi connectivity index (χ2v) is 11.6. The molecule has 1 aliphatic rings. The fourth-order valence-electron chi connectivity index (χ4n) is 4.79. The van der Waals surface area contributed by atoms with Crippen molar-refractivity contribution in [1.82, 2.24) is 0 Å². The van der Waals surface area contributed by atoms with Gasteiger partial charge in [0, 0.05) is 12.8 Å². The Morgan fingerprint density at radius 1 is 0.730 bits per heavy atom. The van der Waals surface area contributed by atoms with Crippen molar-refractivity contribution < 1.29 is 24.4 Å². The Morgan fingerprint density at radius 2 is 1.16 bits per heavy atom. The molecule has 0 radical (unpaired) electrons. The fraction of sp³-hybridized carbons (Fsp3) is 0.933. The quantitative estimate of drug-likeness (QED) is 0.0915. The Labute approximate surface area is 238 Å². The van der Waals surface area contributed by atoms with Gasteiger partial charge >= 0.3 is 0 Å². The first-order valence-corrected chi connectivity index (χ1v) is 16.1. The molecule has 0 unspecified atom stereocenters. The molecule has 218 valence electrons. The van der Waals surface area contributed by atoms with Gasteiger partial charge in [0.25, 0.3) is 0 Å². The van der Waals surface area contributed by atoms with Crippen molar-refractivity contribution in [3.63, 3.8) is 0 Å². The van der Waals surface area contributed by atoms with Crippen LogP contribution in [-0.4, -0.2) is 57.9 Å². The first-order chi connectivity index (χ1) is 18.0. The summed E-state index contributed by atoms with van der Waals surface area (Å²) in [4.78, 5) is 0. The maximum absolute atomic E-state index is 10.6. The second kappa shape index (κ2) is 23.5. The highest BCUT2D eigenvalue weighted by atomic mass is 32.1. The van der Waals surface area contributed by atoms with Gasteiger partial charge in [0.15, 0.2) is 16.2 Å². The zero-order chi connectivity index (χ0) is 27.1. The van der Waals surface area contributed by atoms with Gasteiger partial charge < -0.3 is 24.4 Å². The second-order valence-electron chi connectivity index (χ2n) is 10.7. The minimum atomic E-state index is -0.962. The van der Waals surface area contributed by atoms with E-state index in [-0.39, 0.29) is 13.2 Å². The van der Waals surface area contributed by atoms with Gasteiger partial charge in [0.1, 0.15) is 24.9 Å². The van der Waals surface area contributed by atoms with Crippen LogP contribution in [0.4, 0.5) is 0 Å². The van der Waals surface area contributed by atoms with Crippen LogP contribution >= 0.6 is 24.4 Å². The third-order valence-corrected chi connectivity index (χ3v) is 7.84. The SMILES string of the molecule is CCCCCCCCCCCC(=S)OC[C@@H](O)[C@@H]1OC[C@H](OC(=S)CCCCCCCCCCC)[C@@H]1O. The molecule has 0 bridgehead atoms. The van der Waals surface area contributed by atoms with E-state index >= 15 is 0 Å². The molecule has 37 heavy (non-hydrogen) atoms. The lowest BCUT2D eigenvalue weighted by atomic mass is 10.1. The molecule has 2 N–H and O–H groups in total. The Morgan fingerprint density at radius 3 is 1.65 bits per heavy atom. The third-order valence-electron chi connectivity index (χ3n) is 7.22. The molecule has 1 saturated heterocycles. The molecular weight excluding hydrogens is 504 g/mol. The highest BCUT2D eigenvalue weighted by molar-refractivity contribution is 7.80. The molecule has 4 atom stereocenters. The van der Waals surface area contributed by atoms with Crippen molar-refractivity contribution in [1.29, 1.82) is 0 Å². The molecule has 0 aromatic carbocycles. The lowest BCUT2D eigenvalue weighted by Crippen LogP contribution is -2.42. The molecule has 1 rings (SSSR count). The van der Waals surface area contributed by atoms with E-state index in [2.05, 4.69) is 13.8 Å². The molecule has 1 heterocycles. The molecule has 0 amide bonds. The molecule has 7 heteroatoms. The smallest absolute Gasteiger partial charge is 0.160 e. The van der Waals surface area contributed by atoms with Gasteiger partial charge in [-0.1, -0.05) is 117 Å². The van der Waals surface area contributed by atoms with Crippen molar-refractivity contribution in [2.24, 2.45) is 0 Å². The van der Waals surface area contributed by atoms with Crippen LogP contribution in [0.2, 0.25) is 0 Å². The highest BCUT2D eigenvalue weighted by Gasteiger charge is 2.42. The molecule has 1 fully saturated rings. The summed E-state index contributed by atoms with van der Waals surface area (Å²) in [5.74, 6) is 0. The monoisotopic (exact) mass is 560 g/mol. The van der Waals surface area contributed by atoms with Crippen molar-refractivity contribution in [2.75, 3.05) is 13.2 Å². The lowest BCUT2D eigenvalue weighted by molar-refractivity contribution is -0.0657. The van der Waals surface area contributed by atoms with Crippen molar-refractivity contribution >= 4 is 34.5 Å². The number of ether oxygens (including phenoxy) is 3. The summed E-state index contributed by atoms with van der Waals surface area (Å²) >= 11 is 10.7. The zero-order valence-corrected chi connectivity index (χ0v) is 25.4. The van der Waals surface area contributed by atoms with Crippen molar-refractivity contribution in [3.05, 3.63) is 0 Å². The topological polar surface area (TPSA) is 68.2 Å². The molecule has 0 spiro atoms. The van der Waals surface area contributed by atoms with Crippen LogP contribution in [-0.2, 0) is 14.2 Å². The largest absolute Gasteiger partial charge is 0.484 e. The van der Waals surface area contributed by atoms with Crippen LogP contribution in [0.1, 0.15) is 142 Å². The normalized spacial score (nSPS) is 20.2. The fourth-order valence-corrected chi connectivity index (χ4v) is 5.27. The summed E-state index contributed by atoms with van der Waals surface area (Å²) in [6.07, 6.45) is 21.0. The van der Waals surface area contributed by atoms with Gasteiger partial charge in [-0.25, -0.2) is 0 Å². The Hall–Kier alpha value is -0.340. The van der Waals surface area contributed by atoms with Gasteiger partial charge in [0.2, 0.25) is 0 Å². The summed E-state index contributed by atoms with van der Waals surface area (Å²) in [6, 6.07) is 0. The minimum Gasteiger partial charge on any atom is -0.484 e. The predicted octanol–water partition coefficient (Wildman–Crippen LogP) is 8.01. The average Bonchev–Trinajstić information content (AvgIpc) is 3.25. The number of rotatable bonds is 24. The third kappa shape index (κ3) is 17.8. The number of hydrogen-bond acceptors (Lipinski definition) is 7. The van der Waals surface area contributed by atoms with Crippen LogP contribution in [0, 0.1) is 0 Å². The Bertz CT molecular complexity index is 574. The predicted molar refractivity (Wildman–Crippen MR) is 161 cm³/mol. The van der Waals surface area contributed by atoms with E-state index in [1.54, 1.807) is 0 Å². The molecule has 0 aromatic heterocycles. The standard InChI is InChI=1S/C30H56O5S2/c1-3-5-7-9-11-13-15-17-19-21-27(36)33-23-25(31)30-29(32)26(24-34-30)35-28(37)22-20-18-16-14-12-10-8-6-4-2/h25-26,29-32H,3-24H2,1-2H3/t25-,26+,29+,30+/m1/s1. The van der Waals surface area contributed by atoms with Crippen LogP contribution in [0.5, 0.6) is 0 Å². The summed E-state index contributed by atoms with van der Waals surface area (Å²) < 4.78 is 17.0. The van der Waals surface area contributed by atoms with Crippen molar-refractivity contribution in [3.8, 4) is 0 Å². The first-order valence-electron chi connectivity index (χ1n) is 15.3. The maximum atomic E-state index is 10.6. The van der Waals surface area contributed by atoms with Gasteiger partial charge in [-0.2, -0.15) is 0 Å². The first kappa shape index (κ1) is 34.7. The van der Waals surface area contributed by atoms with E-state index in [1.165, 1.54) is 89.9 Å². The maximum Gasteiger partial charge on any atom is 0.160 e. The van der Waals surface area contributed by atoms with E-state index in [0.717, 1.165) is 38.5 Å². The Kier molecular flexibility index (Phi) is 22.1. The molecule has 0 aliphatic carbocycles. The lowest BCUT2D eigenvalue weighted by Gasteiger charge is -2.23. The van der Waals surface area contributed by atoms with Crippen LogP contribution in [0.3, 0.4) is 0 Å². The van der Waals surface area contributed by atoms with E-state index in [4.69, 9.17) is 38.6 Å². The Balaban J connectivity index is 2.08. The highest BCUT2D eigenvalue weighted by Crippen LogP contribution is 2.22. The summed E-state index contributed by atoms with van der Waals surface area (Å²) in [6.45, 7) is 4.72. The average molecular weight is 561 g/mol. The summed E-state index contributed by atoms with van der Waals surface area (Å²) in [5, 5.41) is 22.1. The van der Waals surface area contributed by atoms with E-state index in [9.17, 15) is 10.2 Å². The van der Waals surface area contributed by atoms with Gasteiger partial charge in [-0.05, 0) is 37.3 Å². The van der Waals surface area contributed by atoms with Crippen molar-refractivity contribution in [2.45, 2.75) is 167 Å².